The van der Waals surface area contributed by atoms with Crippen LogP contribution in [0.4, 0.5) is 0 Å². The Morgan fingerprint density at radius 1 is 1.11 bits per heavy atom. The Balaban J connectivity index is 0.000000202. The maximum Gasteiger partial charge on any atom is 0.104 e. The summed E-state index contributed by atoms with van der Waals surface area (Å²) in [6.45, 7) is 8.45. The van der Waals surface area contributed by atoms with Crippen LogP contribution < -0.4 is 0 Å². The molecule has 0 aromatic heterocycles. The lowest BCUT2D eigenvalue weighted by atomic mass is 10.4. The molecule has 3 aliphatic rings. The molecule has 2 saturated heterocycles. The highest BCUT2D eigenvalue weighted by Crippen LogP contribution is 2.28. The largest absolute Gasteiger partial charge is 0.378 e. The van der Waals surface area contributed by atoms with Crippen molar-refractivity contribution in [2.75, 3.05) is 33.0 Å². The van der Waals surface area contributed by atoms with Crippen molar-refractivity contribution in [3.05, 3.63) is 0 Å². The van der Waals surface area contributed by atoms with Gasteiger partial charge in [-0.3, -0.25) is 0 Å². The summed E-state index contributed by atoms with van der Waals surface area (Å²) in [4.78, 5) is 0. The molecule has 0 aromatic carbocycles. The minimum atomic E-state index is 0.211. The second-order valence-corrected chi connectivity index (χ2v) is 5.44. The number of epoxide rings is 2. The van der Waals surface area contributed by atoms with Crippen molar-refractivity contribution in [1.29, 1.82) is 0 Å². The van der Waals surface area contributed by atoms with Gasteiger partial charge in [0.2, 0.25) is 0 Å². The Hall–Kier alpha value is -0.160. The first-order valence-corrected chi connectivity index (χ1v) is 7.20. The van der Waals surface area contributed by atoms with Crippen LogP contribution in [-0.4, -0.2) is 51.3 Å². The van der Waals surface area contributed by atoms with E-state index in [1.54, 1.807) is 0 Å². The fraction of sp³-hybridized carbons (Fsp3) is 1.00. The van der Waals surface area contributed by atoms with Crippen molar-refractivity contribution in [2.24, 2.45) is 5.92 Å². The third kappa shape index (κ3) is 7.31. The van der Waals surface area contributed by atoms with Crippen LogP contribution >= 0.6 is 0 Å². The molecular formula is C14H26O4. The summed E-state index contributed by atoms with van der Waals surface area (Å²) in [5.74, 6) is 0.846. The summed E-state index contributed by atoms with van der Waals surface area (Å²) in [5, 5.41) is 0. The Kier molecular flexibility index (Phi) is 5.89. The van der Waals surface area contributed by atoms with Gasteiger partial charge in [0.1, 0.15) is 6.10 Å². The molecule has 0 amide bonds. The zero-order chi connectivity index (χ0) is 12.8. The highest BCUT2D eigenvalue weighted by atomic mass is 16.6. The van der Waals surface area contributed by atoms with Gasteiger partial charge in [-0.2, -0.15) is 0 Å². The molecule has 1 saturated carbocycles. The highest BCUT2D eigenvalue weighted by Gasteiger charge is 2.24. The van der Waals surface area contributed by atoms with E-state index in [9.17, 15) is 0 Å². The van der Waals surface area contributed by atoms with Crippen LogP contribution in [0.1, 0.15) is 33.1 Å². The number of hydrogen-bond acceptors (Lipinski definition) is 4. The molecule has 18 heavy (non-hydrogen) atoms. The van der Waals surface area contributed by atoms with E-state index in [1.165, 1.54) is 19.3 Å². The fourth-order valence-electron chi connectivity index (χ4n) is 1.47. The first-order valence-electron chi connectivity index (χ1n) is 7.20. The average molecular weight is 258 g/mol. The lowest BCUT2D eigenvalue weighted by Gasteiger charge is -2.12. The Morgan fingerprint density at radius 3 is 2.22 bits per heavy atom. The Labute approximate surface area is 110 Å². The van der Waals surface area contributed by atoms with Gasteiger partial charge in [0.15, 0.2) is 0 Å². The molecule has 2 aliphatic heterocycles. The fourth-order valence-corrected chi connectivity index (χ4v) is 1.47. The van der Waals surface area contributed by atoms with Gasteiger partial charge in [0, 0.05) is 6.61 Å². The van der Waals surface area contributed by atoms with Crippen molar-refractivity contribution < 1.29 is 18.9 Å². The SMILES string of the molecule is CC(COCC1CC1)OCC1CO1.CCC1CO1. The van der Waals surface area contributed by atoms with Crippen molar-refractivity contribution in [2.45, 2.75) is 51.4 Å². The zero-order valence-corrected chi connectivity index (χ0v) is 11.6. The van der Waals surface area contributed by atoms with Gasteiger partial charge in [-0.25, -0.2) is 0 Å². The van der Waals surface area contributed by atoms with E-state index >= 15 is 0 Å². The van der Waals surface area contributed by atoms with Crippen LogP contribution in [0.3, 0.4) is 0 Å². The monoisotopic (exact) mass is 258 g/mol. The zero-order valence-electron chi connectivity index (χ0n) is 11.6. The minimum Gasteiger partial charge on any atom is -0.378 e. The third-order valence-corrected chi connectivity index (χ3v) is 3.23. The van der Waals surface area contributed by atoms with Crippen LogP contribution in [0, 0.1) is 5.92 Å². The first kappa shape index (κ1) is 14.3. The number of hydrogen-bond donors (Lipinski definition) is 0. The molecule has 3 unspecified atom stereocenters. The van der Waals surface area contributed by atoms with Gasteiger partial charge in [0.05, 0.1) is 38.6 Å². The van der Waals surface area contributed by atoms with E-state index in [0.29, 0.717) is 12.2 Å². The molecule has 3 fully saturated rings. The second-order valence-electron chi connectivity index (χ2n) is 5.44. The summed E-state index contributed by atoms with van der Waals surface area (Å²) >= 11 is 0. The Bertz CT molecular complexity index is 222. The molecule has 3 rings (SSSR count). The average Bonchev–Trinajstić information content (AvgIpc) is 3.24. The minimum absolute atomic E-state index is 0.211. The first-order chi connectivity index (χ1) is 8.78. The van der Waals surface area contributed by atoms with Gasteiger partial charge in [0.25, 0.3) is 0 Å². The van der Waals surface area contributed by atoms with E-state index in [2.05, 4.69) is 13.8 Å². The highest BCUT2D eigenvalue weighted by molar-refractivity contribution is 4.72. The molecule has 2 heterocycles. The molecule has 0 radical (unpaired) electrons. The van der Waals surface area contributed by atoms with Crippen LogP contribution in [0.2, 0.25) is 0 Å². The van der Waals surface area contributed by atoms with Crippen LogP contribution in [0.25, 0.3) is 0 Å². The summed E-state index contributed by atoms with van der Waals surface area (Å²) in [6.07, 6.45) is 5.11. The van der Waals surface area contributed by atoms with Gasteiger partial charge in [-0.15, -0.1) is 0 Å². The maximum absolute atomic E-state index is 5.52. The standard InChI is InChI=1S/C10H18O3.C4H8O/c1-8(12-6-10-7-13-10)4-11-5-9-2-3-9;1-2-4-3-5-4/h8-10H,2-7H2,1H3;4H,2-3H2,1H3. The van der Waals surface area contributed by atoms with Crippen molar-refractivity contribution in [3.63, 3.8) is 0 Å². The van der Waals surface area contributed by atoms with E-state index in [0.717, 1.165) is 39.0 Å². The Morgan fingerprint density at radius 2 is 1.78 bits per heavy atom. The second kappa shape index (κ2) is 7.43. The molecule has 1 aliphatic carbocycles. The summed E-state index contributed by atoms with van der Waals surface area (Å²) < 4.78 is 20.9. The molecule has 3 atom stereocenters. The maximum atomic E-state index is 5.52. The van der Waals surface area contributed by atoms with Gasteiger partial charge in [-0.1, -0.05) is 6.92 Å². The summed E-state index contributed by atoms with van der Waals surface area (Å²) in [6, 6.07) is 0. The normalized spacial score (nSPS) is 30.3. The van der Waals surface area contributed by atoms with E-state index in [1.807, 2.05) is 0 Å². The molecule has 0 bridgehead atoms. The molecule has 0 spiro atoms. The van der Waals surface area contributed by atoms with Gasteiger partial charge >= 0.3 is 0 Å². The van der Waals surface area contributed by atoms with Crippen LogP contribution in [-0.2, 0) is 18.9 Å². The van der Waals surface area contributed by atoms with Crippen LogP contribution in [0.15, 0.2) is 0 Å². The van der Waals surface area contributed by atoms with Crippen molar-refractivity contribution >= 4 is 0 Å². The summed E-state index contributed by atoms with van der Waals surface area (Å²) in [5.41, 5.74) is 0. The van der Waals surface area contributed by atoms with E-state index in [4.69, 9.17) is 18.9 Å². The van der Waals surface area contributed by atoms with Crippen LogP contribution in [0.5, 0.6) is 0 Å². The molecule has 106 valence electrons. The number of rotatable bonds is 8. The van der Waals surface area contributed by atoms with E-state index < -0.39 is 0 Å². The van der Waals surface area contributed by atoms with Crippen molar-refractivity contribution in [3.8, 4) is 0 Å². The topological polar surface area (TPSA) is 43.5 Å². The third-order valence-electron chi connectivity index (χ3n) is 3.23. The van der Waals surface area contributed by atoms with Gasteiger partial charge < -0.3 is 18.9 Å². The lowest BCUT2D eigenvalue weighted by molar-refractivity contribution is -0.0140. The predicted molar refractivity (Wildman–Crippen MR) is 68.7 cm³/mol. The predicted octanol–water partition coefficient (Wildman–Crippen LogP) is 2.01. The number of ether oxygens (including phenoxy) is 4. The van der Waals surface area contributed by atoms with Gasteiger partial charge in [-0.05, 0) is 32.1 Å². The lowest BCUT2D eigenvalue weighted by Crippen LogP contribution is -2.19. The molecular weight excluding hydrogens is 232 g/mol. The van der Waals surface area contributed by atoms with E-state index in [-0.39, 0.29) is 6.10 Å². The molecule has 4 heteroatoms. The smallest absolute Gasteiger partial charge is 0.104 e. The van der Waals surface area contributed by atoms with Crippen molar-refractivity contribution in [1.82, 2.24) is 0 Å². The quantitative estimate of drug-likeness (QED) is 0.625. The molecule has 4 nitrogen and oxygen atoms in total. The molecule has 0 aromatic rings. The molecule has 0 N–H and O–H groups in total. The summed E-state index contributed by atoms with van der Waals surface area (Å²) in [7, 11) is 0.